The number of nitrogens with two attached hydrogens (primary N) is 1. The van der Waals surface area contributed by atoms with Crippen LogP contribution in [0.2, 0.25) is 0 Å². The molecule has 0 aromatic carbocycles. The second-order valence-electron chi connectivity index (χ2n) is 6.34. The molecule has 1 saturated carbocycles. The van der Waals surface area contributed by atoms with E-state index in [2.05, 4.69) is 5.32 Å². The number of hydrogen-bond acceptors (Lipinski definition) is 3. The van der Waals surface area contributed by atoms with Crippen LogP contribution in [0.4, 0.5) is 4.79 Å². The molecule has 1 aliphatic rings. The number of carbonyl (C=O) groups is 2. The predicted molar refractivity (Wildman–Crippen MR) is 73.5 cm³/mol. The highest BCUT2D eigenvalue weighted by Crippen LogP contribution is 2.27. The van der Waals surface area contributed by atoms with Gasteiger partial charge in [-0.05, 0) is 33.1 Å². The lowest BCUT2D eigenvalue weighted by Gasteiger charge is -2.26. The van der Waals surface area contributed by atoms with Gasteiger partial charge >= 0.3 is 6.09 Å². The molecular weight excluding hydrogens is 244 g/mol. The second-order valence-corrected chi connectivity index (χ2v) is 6.34. The first kappa shape index (κ1) is 15.8. The van der Waals surface area contributed by atoms with Crippen molar-refractivity contribution in [2.75, 3.05) is 0 Å². The summed E-state index contributed by atoms with van der Waals surface area (Å²) in [6.07, 6.45) is 5.92. The van der Waals surface area contributed by atoms with Crippen molar-refractivity contribution in [3.8, 4) is 0 Å². The average molecular weight is 270 g/mol. The third kappa shape index (κ3) is 6.45. The van der Waals surface area contributed by atoms with E-state index >= 15 is 0 Å². The van der Waals surface area contributed by atoms with Crippen molar-refractivity contribution < 1.29 is 14.3 Å². The summed E-state index contributed by atoms with van der Waals surface area (Å²) in [7, 11) is 0. The van der Waals surface area contributed by atoms with Crippen LogP contribution in [0.15, 0.2) is 0 Å². The van der Waals surface area contributed by atoms with Gasteiger partial charge in [0, 0.05) is 0 Å². The fourth-order valence-electron chi connectivity index (χ4n) is 2.45. The van der Waals surface area contributed by atoms with Crippen molar-refractivity contribution in [3.05, 3.63) is 0 Å². The van der Waals surface area contributed by atoms with Crippen LogP contribution in [0.3, 0.4) is 0 Å². The highest BCUT2D eigenvalue weighted by molar-refractivity contribution is 5.84. The van der Waals surface area contributed by atoms with Crippen molar-refractivity contribution in [2.24, 2.45) is 11.7 Å². The van der Waals surface area contributed by atoms with Crippen LogP contribution in [-0.2, 0) is 9.53 Å². The number of alkyl carbamates (subject to hydrolysis) is 1. The first-order chi connectivity index (χ1) is 8.78. The maximum Gasteiger partial charge on any atom is 0.408 e. The fraction of sp³-hybridized carbons (Fsp3) is 0.857. The van der Waals surface area contributed by atoms with E-state index in [4.69, 9.17) is 10.5 Å². The van der Waals surface area contributed by atoms with Gasteiger partial charge in [-0.15, -0.1) is 0 Å². The SMILES string of the molecule is CC(C)(C)OC(=O)N[C@@H](CC1CCCCC1)C(N)=O. The fourth-order valence-corrected chi connectivity index (χ4v) is 2.45. The van der Waals surface area contributed by atoms with E-state index in [1.807, 2.05) is 0 Å². The molecule has 0 radical (unpaired) electrons. The standard InChI is InChI=1S/C14H26N2O3/c1-14(2,3)19-13(18)16-11(12(15)17)9-10-7-5-4-6-8-10/h10-11H,4-9H2,1-3H3,(H2,15,17)(H,16,18)/t11-/m0/s1. The molecule has 0 aromatic heterocycles. The molecule has 1 fully saturated rings. The third-order valence-corrected chi connectivity index (χ3v) is 3.33. The van der Waals surface area contributed by atoms with Gasteiger partial charge in [0.25, 0.3) is 0 Å². The van der Waals surface area contributed by atoms with Gasteiger partial charge in [-0.25, -0.2) is 4.79 Å². The summed E-state index contributed by atoms with van der Waals surface area (Å²) >= 11 is 0. The van der Waals surface area contributed by atoms with Gasteiger partial charge in [0.15, 0.2) is 0 Å². The number of carbonyl (C=O) groups excluding carboxylic acids is 2. The Bertz CT molecular complexity index is 317. The smallest absolute Gasteiger partial charge is 0.408 e. The highest BCUT2D eigenvalue weighted by Gasteiger charge is 2.26. The van der Waals surface area contributed by atoms with Crippen LogP contribution in [0.25, 0.3) is 0 Å². The van der Waals surface area contributed by atoms with E-state index < -0.39 is 23.6 Å². The zero-order valence-corrected chi connectivity index (χ0v) is 12.2. The molecule has 5 nitrogen and oxygen atoms in total. The van der Waals surface area contributed by atoms with E-state index in [9.17, 15) is 9.59 Å². The third-order valence-electron chi connectivity index (χ3n) is 3.33. The second kappa shape index (κ2) is 6.78. The predicted octanol–water partition coefficient (Wildman–Crippen LogP) is 2.34. The summed E-state index contributed by atoms with van der Waals surface area (Å²) in [5.74, 6) is -0.0161. The minimum Gasteiger partial charge on any atom is -0.444 e. The van der Waals surface area contributed by atoms with Crippen LogP contribution in [-0.4, -0.2) is 23.6 Å². The lowest BCUT2D eigenvalue weighted by Crippen LogP contribution is -2.47. The van der Waals surface area contributed by atoms with Crippen LogP contribution >= 0.6 is 0 Å². The number of primary amides is 1. The van der Waals surface area contributed by atoms with Crippen LogP contribution < -0.4 is 11.1 Å². The Morgan fingerprint density at radius 1 is 1.26 bits per heavy atom. The van der Waals surface area contributed by atoms with E-state index in [0.29, 0.717) is 12.3 Å². The first-order valence-corrected chi connectivity index (χ1v) is 7.07. The molecule has 0 spiro atoms. The maximum absolute atomic E-state index is 11.7. The van der Waals surface area contributed by atoms with E-state index in [-0.39, 0.29) is 0 Å². The molecule has 1 atom stereocenters. The number of rotatable bonds is 4. The lowest BCUT2D eigenvalue weighted by molar-refractivity contribution is -0.120. The molecule has 1 rings (SSSR count). The van der Waals surface area contributed by atoms with E-state index in [1.54, 1.807) is 20.8 Å². The Balaban J connectivity index is 2.48. The molecule has 2 amide bonds. The van der Waals surface area contributed by atoms with Gasteiger partial charge in [-0.2, -0.15) is 0 Å². The zero-order valence-electron chi connectivity index (χ0n) is 12.2. The molecule has 3 N–H and O–H groups in total. The highest BCUT2D eigenvalue weighted by atomic mass is 16.6. The van der Waals surface area contributed by atoms with E-state index in [1.165, 1.54) is 19.3 Å². The Kier molecular flexibility index (Phi) is 5.63. The van der Waals surface area contributed by atoms with E-state index in [0.717, 1.165) is 12.8 Å². The first-order valence-electron chi connectivity index (χ1n) is 7.07. The topological polar surface area (TPSA) is 81.4 Å². The van der Waals surface area contributed by atoms with Crippen LogP contribution in [0, 0.1) is 5.92 Å². The molecule has 0 aliphatic heterocycles. The summed E-state index contributed by atoms with van der Waals surface area (Å²) in [6, 6.07) is -0.627. The molecular formula is C14H26N2O3. The van der Waals surface area contributed by atoms with Gasteiger partial charge in [-0.3, -0.25) is 4.79 Å². The summed E-state index contributed by atoms with van der Waals surface area (Å²) < 4.78 is 5.15. The average Bonchev–Trinajstić information content (AvgIpc) is 2.26. The maximum atomic E-state index is 11.7. The Hall–Kier alpha value is -1.26. The van der Waals surface area contributed by atoms with Gasteiger partial charge in [0.2, 0.25) is 5.91 Å². The van der Waals surface area contributed by atoms with Crippen molar-refractivity contribution in [1.29, 1.82) is 0 Å². The van der Waals surface area contributed by atoms with Crippen molar-refractivity contribution in [2.45, 2.75) is 70.9 Å². The quantitative estimate of drug-likeness (QED) is 0.822. The monoisotopic (exact) mass is 270 g/mol. The van der Waals surface area contributed by atoms with Crippen LogP contribution in [0.1, 0.15) is 59.3 Å². The van der Waals surface area contributed by atoms with Gasteiger partial charge in [-0.1, -0.05) is 32.1 Å². The summed E-state index contributed by atoms with van der Waals surface area (Å²) in [5, 5.41) is 2.58. The molecule has 110 valence electrons. The molecule has 5 heteroatoms. The molecule has 0 heterocycles. The zero-order chi connectivity index (χ0) is 14.5. The largest absolute Gasteiger partial charge is 0.444 e. The number of ether oxygens (including phenoxy) is 1. The Morgan fingerprint density at radius 3 is 2.32 bits per heavy atom. The summed E-state index contributed by atoms with van der Waals surface area (Å²) in [5.41, 5.74) is 4.78. The van der Waals surface area contributed by atoms with Gasteiger partial charge in [0.05, 0.1) is 0 Å². The lowest BCUT2D eigenvalue weighted by atomic mass is 9.84. The van der Waals surface area contributed by atoms with Crippen LogP contribution in [0.5, 0.6) is 0 Å². The number of nitrogens with one attached hydrogen (secondary N) is 1. The molecule has 1 aliphatic carbocycles. The summed E-state index contributed by atoms with van der Waals surface area (Å²) in [4.78, 5) is 23.1. The number of hydrogen-bond donors (Lipinski definition) is 2. The molecule has 0 aromatic rings. The molecule has 0 saturated heterocycles. The Labute approximate surface area is 115 Å². The van der Waals surface area contributed by atoms with Crippen molar-refractivity contribution in [3.63, 3.8) is 0 Å². The molecule has 19 heavy (non-hydrogen) atoms. The minimum absolute atomic E-state index is 0.473. The van der Waals surface area contributed by atoms with Crippen molar-refractivity contribution >= 4 is 12.0 Å². The summed E-state index contributed by atoms with van der Waals surface area (Å²) in [6.45, 7) is 5.35. The Morgan fingerprint density at radius 2 is 1.84 bits per heavy atom. The number of amides is 2. The van der Waals surface area contributed by atoms with Crippen molar-refractivity contribution in [1.82, 2.24) is 5.32 Å². The normalized spacial score (nSPS) is 18.7. The van der Waals surface area contributed by atoms with Gasteiger partial charge < -0.3 is 15.8 Å². The minimum atomic E-state index is -0.627. The molecule has 0 unspecified atom stereocenters. The van der Waals surface area contributed by atoms with Gasteiger partial charge in [0.1, 0.15) is 11.6 Å². The molecule has 0 bridgehead atoms.